The fraction of sp³-hybridized carbons (Fsp3) is 0.242. The van der Waals surface area contributed by atoms with E-state index in [1.54, 1.807) is 39.8 Å². The summed E-state index contributed by atoms with van der Waals surface area (Å²) in [5.74, 6) is 4.60. The SMILES string of the molecule is CC(C)(C)O.Cc1cc2ccc(C#CC(C)(O)c3ccc(F)cc3)cc2c(-c2ccc(Cl)cc2)c1CC(=O)O. The summed E-state index contributed by atoms with van der Waals surface area (Å²) in [5, 5.41) is 31.3. The summed E-state index contributed by atoms with van der Waals surface area (Å²) in [4.78, 5) is 11.6. The summed E-state index contributed by atoms with van der Waals surface area (Å²) in [5.41, 5.74) is 2.48. The number of halogens is 2. The highest BCUT2D eigenvalue weighted by Crippen LogP contribution is 2.36. The standard InChI is InChI=1S/C29H22ClFO3.C4H10O/c1-18-15-21-4-3-19(13-14-29(2,34)22-7-11-24(31)12-8-22)16-26(21)28(25(18)17-27(32)33)20-5-9-23(30)10-6-20;1-4(2,3)5/h3-12,15-16,34H,17H2,1-2H3,(H,32,33);5H,1-3H3. The van der Waals surface area contributed by atoms with Gasteiger partial charge in [-0.15, -0.1) is 0 Å². The first-order chi connectivity index (χ1) is 18.1. The summed E-state index contributed by atoms with van der Waals surface area (Å²) in [6, 6.07) is 20.5. The Balaban J connectivity index is 0.000000771. The third-order valence-electron chi connectivity index (χ3n) is 5.79. The van der Waals surface area contributed by atoms with Crippen molar-refractivity contribution in [2.75, 3.05) is 0 Å². The molecule has 0 aliphatic rings. The first-order valence-electron chi connectivity index (χ1n) is 12.4. The lowest BCUT2D eigenvalue weighted by atomic mass is 9.88. The van der Waals surface area contributed by atoms with Crippen LogP contribution in [0.1, 0.15) is 49.9 Å². The van der Waals surface area contributed by atoms with Crippen molar-refractivity contribution in [3.05, 3.63) is 106 Å². The van der Waals surface area contributed by atoms with Gasteiger partial charge in [-0.1, -0.05) is 59.8 Å². The van der Waals surface area contributed by atoms with Gasteiger partial charge < -0.3 is 15.3 Å². The van der Waals surface area contributed by atoms with Crippen LogP contribution in [0.15, 0.2) is 72.8 Å². The number of carbonyl (C=O) groups is 1. The van der Waals surface area contributed by atoms with Gasteiger partial charge in [-0.25, -0.2) is 4.39 Å². The second-order valence-electron chi connectivity index (χ2n) is 10.6. The van der Waals surface area contributed by atoms with E-state index in [1.807, 2.05) is 43.3 Å². The first-order valence-corrected chi connectivity index (χ1v) is 12.8. The Morgan fingerprint density at radius 3 is 2.08 bits per heavy atom. The molecule has 6 heteroatoms. The van der Waals surface area contributed by atoms with Gasteiger partial charge in [0.1, 0.15) is 11.4 Å². The van der Waals surface area contributed by atoms with E-state index in [2.05, 4.69) is 11.8 Å². The lowest BCUT2D eigenvalue weighted by Gasteiger charge is -2.17. The maximum Gasteiger partial charge on any atom is 0.307 e. The minimum Gasteiger partial charge on any atom is -0.481 e. The number of hydrogen-bond acceptors (Lipinski definition) is 3. The van der Waals surface area contributed by atoms with Crippen molar-refractivity contribution in [3.63, 3.8) is 0 Å². The van der Waals surface area contributed by atoms with Crippen molar-refractivity contribution >= 4 is 28.3 Å². The van der Waals surface area contributed by atoms with Crippen LogP contribution in [0.25, 0.3) is 21.9 Å². The number of hydrogen-bond donors (Lipinski definition) is 3. The number of benzene rings is 4. The van der Waals surface area contributed by atoms with Gasteiger partial charge in [0.2, 0.25) is 0 Å². The van der Waals surface area contributed by atoms with Crippen molar-refractivity contribution in [1.82, 2.24) is 0 Å². The molecule has 0 heterocycles. The van der Waals surface area contributed by atoms with Gasteiger partial charge in [0.25, 0.3) is 0 Å². The predicted molar refractivity (Wildman–Crippen MR) is 155 cm³/mol. The van der Waals surface area contributed by atoms with Crippen molar-refractivity contribution < 1.29 is 24.5 Å². The van der Waals surface area contributed by atoms with Gasteiger partial charge >= 0.3 is 5.97 Å². The lowest BCUT2D eigenvalue weighted by Crippen LogP contribution is -2.18. The Hall–Kier alpha value is -3.69. The molecule has 4 nitrogen and oxygen atoms in total. The number of rotatable bonds is 4. The van der Waals surface area contributed by atoms with Gasteiger partial charge in [0.15, 0.2) is 0 Å². The number of carboxylic acid groups (broad SMARTS) is 1. The van der Waals surface area contributed by atoms with E-state index in [0.717, 1.165) is 33.0 Å². The Kier molecular flexibility index (Phi) is 9.19. The van der Waals surface area contributed by atoms with Crippen LogP contribution in [0.3, 0.4) is 0 Å². The second-order valence-corrected chi connectivity index (χ2v) is 11.0. The Morgan fingerprint density at radius 1 is 0.923 bits per heavy atom. The monoisotopic (exact) mass is 546 g/mol. The molecule has 4 aromatic rings. The van der Waals surface area contributed by atoms with E-state index in [0.29, 0.717) is 16.1 Å². The van der Waals surface area contributed by atoms with Gasteiger partial charge in [0.05, 0.1) is 12.0 Å². The molecular weight excluding hydrogens is 515 g/mol. The van der Waals surface area contributed by atoms with Crippen LogP contribution in [0.2, 0.25) is 5.02 Å². The molecule has 0 aromatic heterocycles. The number of aliphatic carboxylic acids is 1. The average Bonchev–Trinajstić information content (AvgIpc) is 2.83. The van der Waals surface area contributed by atoms with Gasteiger partial charge in [-0.05, 0) is 110 Å². The third kappa shape index (κ3) is 8.40. The Bertz CT molecular complexity index is 1530. The zero-order valence-corrected chi connectivity index (χ0v) is 23.4. The molecule has 0 radical (unpaired) electrons. The fourth-order valence-corrected chi connectivity index (χ4v) is 4.15. The van der Waals surface area contributed by atoms with Crippen LogP contribution in [0, 0.1) is 24.6 Å². The van der Waals surface area contributed by atoms with Crippen LogP contribution in [0.4, 0.5) is 4.39 Å². The topological polar surface area (TPSA) is 77.8 Å². The Morgan fingerprint density at radius 2 is 1.51 bits per heavy atom. The smallest absolute Gasteiger partial charge is 0.307 e. The Labute approximate surface area is 233 Å². The van der Waals surface area contributed by atoms with E-state index in [1.165, 1.54) is 24.3 Å². The highest BCUT2D eigenvalue weighted by molar-refractivity contribution is 6.30. The van der Waals surface area contributed by atoms with Crippen molar-refractivity contribution in [2.45, 2.75) is 52.2 Å². The molecular formula is C33H32ClFO4. The summed E-state index contributed by atoms with van der Waals surface area (Å²) >= 11 is 6.08. The maximum atomic E-state index is 13.3. The van der Waals surface area contributed by atoms with E-state index in [4.69, 9.17) is 16.7 Å². The molecule has 0 saturated carbocycles. The number of carboxylic acids is 1. The largest absolute Gasteiger partial charge is 0.481 e. The molecule has 0 bridgehead atoms. The van der Waals surface area contributed by atoms with E-state index >= 15 is 0 Å². The zero-order valence-electron chi connectivity index (χ0n) is 22.6. The molecule has 1 atom stereocenters. The minimum absolute atomic E-state index is 0.116. The fourth-order valence-electron chi connectivity index (χ4n) is 4.02. The number of fused-ring (bicyclic) bond motifs is 1. The van der Waals surface area contributed by atoms with Crippen LogP contribution in [-0.2, 0) is 16.8 Å². The summed E-state index contributed by atoms with van der Waals surface area (Å²) in [7, 11) is 0. The quantitative estimate of drug-likeness (QED) is 0.235. The van der Waals surface area contributed by atoms with Crippen LogP contribution < -0.4 is 0 Å². The summed E-state index contributed by atoms with van der Waals surface area (Å²) < 4.78 is 13.3. The van der Waals surface area contributed by atoms with E-state index in [9.17, 15) is 19.4 Å². The predicted octanol–water partition coefficient (Wildman–Crippen LogP) is 7.27. The van der Waals surface area contributed by atoms with E-state index in [-0.39, 0.29) is 12.2 Å². The molecule has 0 amide bonds. The molecule has 4 aromatic carbocycles. The highest BCUT2D eigenvalue weighted by Gasteiger charge is 2.20. The van der Waals surface area contributed by atoms with Gasteiger partial charge in [-0.2, -0.15) is 0 Å². The first kappa shape index (κ1) is 29.9. The molecule has 1 unspecified atom stereocenters. The maximum absolute atomic E-state index is 13.3. The average molecular weight is 547 g/mol. The molecule has 3 N–H and O–H groups in total. The second kappa shape index (κ2) is 12.0. The number of aryl methyl sites for hydroxylation is 1. The summed E-state index contributed by atoms with van der Waals surface area (Å²) in [6.45, 7) is 8.69. The zero-order chi connectivity index (χ0) is 29.0. The molecule has 39 heavy (non-hydrogen) atoms. The van der Waals surface area contributed by atoms with Gasteiger partial charge in [-0.3, -0.25) is 4.79 Å². The van der Waals surface area contributed by atoms with E-state index < -0.39 is 17.2 Å². The molecule has 0 fully saturated rings. The van der Waals surface area contributed by atoms with Crippen molar-refractivity contribution in [1.29, 1.82) is 0 Å². The molecule has 0 aliphatic carbocycles. The lowest BCUT2D eigenvalue weighted by molar-refractivity contribution is -0.136. The van der Waals surface area contributed by atoms with Crippen molar-refractivity contribution in [3.8, 4) is 23.0 Å². The molecule has 0 spiro atoms. The molecule has 202 valence electrons. The molecule has 4 rings (SSSR count). The molecule has 0 saturated heterocycles. The number of aliphatic hydroxyl groups is 2. The normalized spacial score (nSPS) is 12.5. The van der Waals surface area contributed by atoms with Crippen LogP contribution in [-0.4, -0.2) is 26.9 Å². The van der Waals surface area contributed by atoms with Crippen molar-refractivity contribution in [2.24, 2.45) is 0 Å². The van der Waals surface area contributed by atoms with Crippen LogP contribution in [0.5, 0.6) is 0 Å². The van der Waals surface area contributed by atoms with Crippen LogP contribution >= 0.6 is 11.6 Å². The van der Waals surface area contributed by atoms with Gasteiger partial charge in [0, 0.05) is 10.6 Å². The highest BCUT2D eigenvalue weighted by atomic mass is 35.5. The third-order valence-corrected chi connectivity index (χ3v) is 6.04. The molecule has 0 aliphatic heterocycles. The minimum atomic E-state index is -1.47. The summed E-state index contributed by atoms with van der Waals surface area (Å²) in [6.07, 6.45) is -0.116.